The van der Waals surface area contributed by atoms with E-state index in [0.717, 1.165) is 18.4 Å². The maximum Gasteiger partial charge on any atom is 0.258 e. The number of hydrogen-bond acceptors (Lipinski definition) is 6. The Kier molecular flexibility index (Phi) is 7.24. The zero-order valence-corrected chi connectivity index (χ0v) is 23.3. The third kappa shape index (κ3) is 5.43. The summed E-state index contributed by atoms with van der Waals surface area (Å²) in [7, 11) is -3.80. The highest BCUT2D eigenvalue weighted by Crippen LogP contribution is 2.39. The van der Waals surface area contributed by atoms with Gasteiger partial charge in [-0.25, -0.2) is 8.42 Å². The van der Waals surface area contributed by atoms with Gasteiger partial charge in [0.05, 0.1) is 22.7 Å². The molecule has 40 heavy (non-hydrogen) atoms. The van der Waals surface area contributed by atoms with Crippen LogP contribution in [0.3, 0.4) is 0 Å². The quantitative estimate of drug-likeness (QED) is 0.468. The summed E-state index contributed by atoms with van der Waals surface area (Å²) < 4.78 is 35.0. The van der Waals surface area contributed by atoms with Gasteiger partial charge in [0.2, 0.25) is 15.9 Å². The molecule has 0 bridgehead atoms. The van der Waals surface area contributed by atoms with Gasteiger partial charge < -0.3 is 15.0 Å². The minimum absolute atomic E-state index is 0.0374. The van der Waals surface area contributed by atoms with Crippen molar-refractivity contribution in [1.82, 2.24) is 14.2 Å². The first-order valence-corrected chi connectivity index (χ1v) is 15.2. The lowest BCUT2D eigenvalue weighted by Gasteiger charge is -2.42. The summed E-state index contributed by atoms with van der Waals surface area (Å²) >= 11 is 5.98. The van der Waals surface area contributed by atoms with Crippen molar-refractivity contribution in [3.05, 3.63) is 83.1 Å². The molecule has 3 aliphatic rings. The monoisotopic (exact) mass is 580 g/mol. The van der Waals surface area contributed by atoms with Crippen LogP contribution < -0.4 is 10.1 Å². The average molecular weight is 581 g/mol. The van der Waals surface area contributed by atoms with Crippen molar-refractivity contribution in [1.29, 1.82) is 0 Å². The number of para-hydroxylation sites is 1. The normalized spacial score (nSPS) is 21.4. The van der Waals surface area contributed by atoms with E-state index in [4.69, 9.17) is 16.3 Å². The number of halogens is 1. The number of fused-ring (bicyclic) bond motifs is 2. The number of amides is 2. The molecule has 208 valence electrons. The smallest absolute Gasteiger partial charge is 0.258 e. The van der Waals surface area contributed by atoms with E-state index in [-0.39, 0.29) is 47.4 Å². The summed E-state index contributed by atoms with van der Waals surface area (Å²) in [5, 5.41) is 3.40. The lowest BCUT2D eigenvalue weighted by atomic mass is 9.92. The number of piperidine rings is 1. The molecular formula is C29H29ClN4O5S. The third-order valence-electron chi connectivity index (χ3n) is 7.67. The average Bonchev–Trinajstić information content (AvgIpc) is 3.80. The number of carbonyl (C=O) groups is 2. The zero-order chi connectivity index (χ0) is 27.9. The molecule has 1 aromatic heterocycles. The van der Waals surface area contributed by atoms with Crippen LogP contribution in [0.1, 0.15) is 35.2 Å². The van der Waals surface area contributed by atoms with Gasteiger partial charge in [-0.2, -0.15) is 4.31 Å². The number of aromatic nitrogens is 1. The Morgan fingerprint density at radius 1 is 1.05 bits per heavy atom. The standard InChI is InChI=1S/C29H29ClN4O5S/c30-22-8-10-23(11-9-22)40(37,38)34-14-12-21-17-33(16-19-3-2-13-31-15-19)29(36)24-4-1-5-25(27(24)39-26(21)18-34)32-28(35)20-6-7-20/h1-5,8-11,13,15,20-21,26H,6-7,12,14,16-18H2,(H,32,35)/t21-,26-/m0/s1. The van der Waals surface area contributed by atoms with Gasteiger partial charge in [0.1, 0.15) is 6.10 Å². The molecule has 11 heteroatoms. The van der Waals surface area contributed by atoms with Gasteiger partial charge in [0, 0.05) is 48.9 Å². The van der Waals surface area contributed by atoms with Gasteiger partial charge in [-0.1, -0.05) is 23.7 Å². The first-order chi connectivity index (χ1) is 19.3. The van der Waals surface area contributed by atoms with Gasteiger partial charge in [0.25, 0.3) is 5.91 Å². The molecule has 3 heterocycles. The number of ether oxygens (including phenoxy) is 1. The highest BCUT2D eigenvalue weighted by Gasteiger charge is 2.41. The van der Waals surface area contributed by atoms with Crippen LogP contribution in [0.2, 0.25) is 5.02 Å². The largest absolute Gasteiger partial charge is 0.486 e. The van der Waals surface area contributed by atoms with Crippen LogP contribution in [0.5, 0.6) is 5.75 Å². The number of sulfonamides is 1. The summed E-state index contributed by atoms with van der Waals surface area (Å²) in [4.78, 5) is 32.7. The molecule has 2 atom stereocenters. The van der Waals surface area contributed by atoms with E-state index in [0.29, 0.717) is 35.8 Å². The van der Waals surface area contributed by atoms with Crippen molar-refractivity contribution in [2.75, 3.05) is 25.0 Å². The van der Waals surface area contributed by atoms with Gasteiger partial charge >= 0.3 is 0 Å². The van der Waals surface area contributed by atoms with Gasteiger partial charge in [-0.3, -0.25) is 14.6 Å². The van der Waals surface area contributed by atoms with Crippen molar-refractivity contribution >= 4 is 39.1 Å². The molecule has 9 nitrogen and oxygen atoms in total. The number of nitrogens with zero attached hydrogens (tertiary/aromatic N) is 3. The van der Waals surface area contributed by atoms with E-state index in [1.807, 2.05) is 12.1 Å². The van der Waals surface area contributed by atoms with E-state index in [1.54, 1.807) is 47.6 Å². The second-order valence-corrected chi connectivity index (χ2v) is 12.9. The second-order valence-electron chi connectivity index (χ2n) is 10.5. The van der Waals surface area contributed by atoms with E-state index in [1.165, 1.54) is 16.4 Å². The summed E-state index contributed by atoms with van der Waals surface area (Å²) in [6.07, 6.45) is 5.04. The van der Waals surface area contributed by atoms with Crippen LogP contribution >= 0.6 is 11.6 Å². The molecular weight excluding hydrogens is 552 g/mol. The Hall–Kier alpha value is -3.47. The van der Waals surface area contributed by atoms with Gasteiger partial charge in [-0.05, 0) is 67.3 Å². The fourth-order valence-corrected chi connectivity index (χ4v) is 6.89. The van der Waals surface area contributed by atoms with Crippen LogP contribution in [0, 0.1) is 11.8 Å². The minimum atomic E-state index is -3.80. The first kappa shape index (κ1) is 26.7. The highest BCUT2D eigenvalue weighted by atomic mass is 35.5. The molecule has 3 aromatic rings. The Bertz CT molecular complexity index is 1530. The van der Waals surface area contributed by atoms with E-state index < -0.39 is 16.1 Å². The molecule has 1 saturated carbocycles. The Morgan fingerprint density at radius 2 is 1.85 bits per heavy atom. The lowest BCUT2D eigenvalue weighted by molar-refractivity contribution is -0.117. The maximum atomic E-state index is 13.9. The number of anilines is 1. The topological polar surface area (TPSA) is 109 Å². The van der Waals surface area contributed by atoms with Crippen molar-refractivity contribution < 1.29 is 22.7 Å². The van der Waals surface area contributed by atoms with E-state index >= 15 is 0 Å². The van der Waals surface area contributed by atoms with Crippen molar-refractivity contribution in [3.63, 3.8) is 0 Å². The molecule has 1 N–H and O–H groups in total. The number of hydrogen-bond donors (Lipinski definition) is 1. The SMILES string of the molecule is O=C(Nc1cccc2c1O[C@H]1CN(S(=O)(=O)c3ccc(Cl)cc3)CC[C@H]1CN(Cc1cccnc1)C2=O)C1CC1. The van der Waals surface area contributed by atoms with Crippen LogP contribution in [-0.2, 0) is 21.4 Å². The predicted molar refractivity (Wildman–Crippen MR) is 150 cm³/mol. The summed E-state index contributed by atoms with van der Waals surface area (Å²) in [6, 6.07) is 15.0. The molecule has 2 fully saturated rings. The molecule has 0 radical (unpaired) electrons. The molecule has 6 rings (SSSR count). The first-order valence-electron chi connectivity index (χ1n) is 13.3. The molecule has 1 aliphatic carbocycles. The maximum absolute atomic E-state index is 13.9. The van der Waals surface area contributed by atoms with E-state index in [2.05, 4.69) is 10.3 Å². The molecule has 2 aromatic carbocycles. The van der Waals surface area contributed by atoms with Crippen molar-refractivity contribution in [3.8, 4) is 5.75 Å². The van der Waals surface area contributed by atoms with Crippen LogP contribution in [0.15, 0.2) is 71.9 Å². The van der Waals surface area contributed by atoms with Gasteiger partial charge in [-0.15, -0.1) is 0 Å². The fourth-order valence-electron chi connectivity index (χ4n) is 5.30. The third-order valence-corrected chi connectivity index (χ3v) is 9.80. The molecule has 0 unspecified atom stereocenters. The van der Waals surface area contributed by atoms with Crippen LogP contribution in [0.25, 0.3) is 0 Å². The minimum Gasteiger partial charge on any atom is -0.486 e. The number of carbonyl (C=O) groups excluding carboxylic acids is 2. The number of nitrogens with one attached hydrogen (secondary N) is 1. The fraction of sp³-hybridized carbons (Fsp3) is 0.345. The Balaban J connectivity index is 1.35. The predicted octanol–water partition coefficient (Wildman–Crippen LogP) is 4.20. The number of pyridine rings is 1. The zero-order valence-electron chi connectivity index (χ0n) is 21.7. The summed E-state index contributed by atoms with van der Waals surface area (Å²) in [6.45, 7) is 1.14. The molecule has 1 saturated heterocycles. The highest BCUT2D eigenvalue weighted by molar-refractivity contribution is 7.89. The van der Waals surface area contributed by atoms with E-state index in [9.17, 15) is 18.0 Å². The van der Waals surface area contributed by atoms with Crippen LogP contribution in [-0.4, -0.2) is 60.2 Å². The summed E-state index contributed by atoms with van der Waals surface area (Å²) in [5.74, 6) is -0.206. The number of rotatable bonds is 6. The van der Waals surface area contributed by atoms with Crippen molar-refractivity contribution in [2.24, 2.45) is 11.8 Å². The Labute approximate surface area is 238 Å². The second kappa shape index (κ2) is 10.8. The molecule has 0 spiro atoms. The van der Waals surface area contributed by atoms with Gasteiger partial charge in [0.15, 0.2) is 5.75 Å². The summed E-state index contributed by atoms with van der Waals surface area (Å²) in [5.41, 5.74) is 1.63. The van der Waals surface area contributed by atoms with Crippen molar-refractivity contribution in [2.45, 2.75) is 36.8 Å². The molecule has 2 aliphatic heterocycles. The lowest BCUT2D eigenvalue weighted by Crippen LogP contribution is -2.53. The molecule has 2 amide bonds. The number of benzene rings is 2. The Morgan fingerprint density at radius 3 is 2.58 bits per heavy atom. The van der Waals surface area contributed by atoms with Crippen LogP contribution in [0.4, 0.5) is 5.69 Å².